The Hall–Kier alpha value is -2.07. The van der Waals surface area contributed by atoms with Gasteiger partial charge in [-0.2, -0.15) is 0 Å². The monoisotopic (exact) mass is 336 g/mol. The van der Waals surface area contributed by atoms with E-state index in [1.54, 1.807) is 24.3 Å². The summed E-state index contributed by atoms with van der Waals surface area (Å²) in [5, 5.41) is 0.468. The van der Waals surface area contributed by atoms with Crippen molar-refractivity contribution in [2.24, 2.45) is 0 Å². The molecule has 0 N–H and O–H groups in total. The van der Waals surface area contributed by atoms with Crippen LogP contribution in [0.2, 0.25) is 5.02 Å². The number of aryl methyl sites for hydroxylation is 2. The molecule has 2 aromatic rings. The molecule has 0 amide bonds. The molecular formula is C18H18ClFO3. The molecule has 0 atom stereocenters. The lowest BCUT2D eigenvalue weighted by molar-refractivity contribution is -0.139. The van der Waals surface area contributed by atoms with Crippen molar-refractivity contribution in [3.8, 4) is 5.75 Å². The highest BCUT2D eigenvalue weighted by Crippen LogP contribution is 2.26. The normalized spacial score (nSPS) is 10.5. The molecule has 0 aliphatic carbocycles. The zero-order valence-electron chi connectivity index (χ0n) is 13.3. The topological polar surface area (TPSA) is 35.5 Å². The number of hydrogen-bond donors (Lipinski definition) is 0. The van der Waals surface area contributed by atoms with E-state index in [4.69, 9.17) is 16.3 Å². The average Bonchev–Trinajstić information content (AvgIpc) is 2.51. The highest BCUT2D eigenvalue weighted by Gasteiger charge is 2.13. The fourth-order valence-electron chi connectivity index (χ4n) is 2.17. The fraction of sp³-hybridized carbons (Fsp3) is 0.278. The molecular weight excluding hydrogens is 319 g/mol. The minimum atomic E-state index is -0.422. The van der Waals surface area contributed by atoms with Gasteiger partial charge in [-0.25, -0.2) is 4.39 Å². The first kappa shape index (κ1) is 17.3. The van der Waals surface area contributed by atoms with Crippen molar-refractivity contribution in [1.29, 1.82) is 0 Å². The molecule has 3 nitrogen and oxygen atoms in total. The van der Waals surface area contributed by atoms with E-state index in [9.17, 15) is 9.18 Å². The molecule has 0 aliphatic rings. The molecule has 122 valence electrons. The van der Waals surface area contributed by atoms with E-state index in [2.05, 4.69) is 4.74 Å². The van der Waals surface area contributed by atoms with Gasteiger partial charge in [-0.05, 0) is 48.7 Å². The summed E-state index contributed by atoms with van der Waals surface area (Å²) in [6, 6.07) is 8.32. The van der Waals surface area contributed by atoms with Gasteiger partial charge in [0.2, 0.25) is 0 Å². The Labute approximate surface area is 140 Å². The molecule has 0 aliphatic heterocycles. The van der Waals surface area contributed by atoms with E-state index in [0.29, 0.717) is 16.1 Å². The standard InChI is InChI=1S/C18H18ClFO3/c1-11-7-16(20)17(8-12(11)2)23-10-14-13(9-18(21)22-3)5-4-6-15(14)19/h4-8H,9-10H2,1-3H3. The number of rotatable bonds is 5. The molecule has 0 unspecified atom stereocenters. The van der Waals surface area contributed by atoms with Gasteiger partial charge in [0.1, 0.15) is 6.61 Å². The second-order valence-electron chi connectivity index (χ2n) is 5.29. The van der Waals surface area contributed by atoms with Crippen LogP contribution >= 0.6 is 11.6 Å². The lowest BCUT2D eigenvalue weighted by Gasteiger charge is -2.14. The number of benzene rings is 2. The van der Waals surface area contributed by atoms with E-state index in [1.165, 1.54) is 13.2 Å². The highest BCUT2D eigenvalue weighted by atomic mass is 35.5. The molecule has 2 rings (SSSR count). The number of carbonyl (C=O) groups excluding carboxylic acids is 1. The van der Waals surface area contributed by atoms with Crippen LogP contribution in [0.4, 0.5) is 4.39 Å². The lowest BCUT2D eigenvalue weighted by Crippen LogP contribution is -2.09. The first-order valence-electron chi connectivity index (χ1n) is 7.15. The number of ether oxygens (including phenoxy) is 2. The maximum absolute atomic E-state index is 14.0. The van der Waals surface area contributed by atoms with Gasteiger partial charge in [0.15, 0.2) is 11.6 Å². The molecule has 0 saturated heterocycles. The molecule has 0 saturated carbocycles. The maximum Gasteiger partial charge on any atom is 0.309 e. The Morgan fingerprint density at radius 3 is 2.61 bits per heavy atom. The zero-order chi connectivity index (χ0) is 17.0. The number of carbonyl (C=O) groups is 1. The van der Waals surface area contributed by atoms with Crippen LogP contribution in [0.1, 0.15) is 22.3 Å². The molecule has 5 heteroatoms. The summed E-state index contributed by atoms with van der Waals surface area (Å²) in [5.41, 5.74) is 3.15. The number of methoxy groups -OCH3 is 1. The van der Waals surface area contributed by atoms with Crippen LogP contribution in [0.5, 0.6) is 5.75 Å². The summed E-state index contributed by atoms with van der Waals surface area (Å²) < 4.78 is 24.2. The molecule has 0 aromatic heterocycles. The van der Waals surface area contributed by atoms with Crippen LogP contribution < -0.4 is 4.74 Å². The molecule has 0 bridgehead atoms. The van der Waals surface area contributed by atoms with E-state index in [0.717, 1.165) is 11.1 Å². The van der Waals surface area contributed by atoms with Crippen molar-refractivity contribution >= 4 is 17.6 Å². The molecule has 23 heavy (non-hydrogen) atoms. The summed E-state index contributed by atoms with van der Waals surface area (Å²) in [7, 11) is 1.33. The largest absolute Gasteiger partial charge is 0.486 e. The Kier molecular flexibility index (Phi) is 5.61. The summed E-state index contributed by atoms with van der Waals surface area (Å²) in [6.45, 7) is 3.80. The van der Waals surface area contributed by atoms with Gasteiger partial charge in [0.25, 0.3) is 0 Å². The second-order valence-corrected chi connectivity index (χ2v) is 5.69. The smallest absolute Gasteiger partial charge is 0.309 e. The van der Waals surface area contributed by atoms with Crippen molar-refractivity contribution < 1.29 is 18.7 Å². The minimum Gasteiger partial charge on any atom is -0.486 e. The average molecular weight is 337 g/mol. The van der Waals surface area contributed by atoms with Crippen molar-refractivity contribution in [1.82, 2.24) is 0 Å². The van der Waals surface area contributed by atoms with E-state index in [1.807, 2.05) is 13.8 Å². The van der Waals surface area contributed by atoms with Gasteiger partial charge in [-0.1, -0.05) is 23.7 Å². The van der Waals surface area contributed by atoms with Crippen LogP contribution in [-0.4, -0.2) is 13.1 Å². The van der Waals surface area contributed by atoms with Crippen molar-refractivity contribution in [2.45, 2.75) is 26.9 Å². The molecule has 0 fully saturated rings. The third-order valence-corrected chi connectivity index (χ3v) is 4.05. The highest BCUT2D eigenvalue weighted by molar-refractivity contribution is 6.31. The van der Waals surface area contributed by atoms with Gasteiger partial charge < -0.3 is 9.47 Å². The predicted octanol–water partition coefficient (Wildman–Crippen LogP) is 4.39. The minimum absolute atomic E-state index is 0.0748. The van der Waals surface area contributed by atoms with Gasteiger partial charge in [-0.15, -0.1) is 0 Å². The summed E-state index contributed by atoms with van der Waals surface area (Å²) in [6.07, 6.45) is 0.0885. The fourth-order valence-corrected chi connectivity index (χ4v) is 2.42. The van der Waals surface area contributed by atoms with E-state index >= 15 is 0 Å². The van der Waals surface area contributed by atoms with Gasteiger partial charge in [0.05, 0.1) is 13.5 Å². The maximum atomic E-state index is 14.0. The molecule has 0 spiro atoms. The third-order valence-electron chi connectivity index (χ3n) is 3.70. The summed E-state index contributed by atoms with van der Waals surface area (Å²) in [4.78, 5) is 11.5. The first-order valence-corrected chi connectivity index (χ1v) is 7.52. The molecule has 0 radical (unpaired) electrons. The van der Waals surface area contributed by atoms with Crippen LogP contribution in [0.15, 0.2) is 30.3 Å². The summed E-state index contributed by atoms with van der Waals surface area (Å²) >= 11 is 6.19. The quantitative estimate of drug-likeness (QED) is 0.760. The molecule has 2 aromatic carbocycles. The number of esters is 1. The Bertz CT molecular complexity index is 728. The van der Waals surface area contributed by atoms with Crippen molar-refractivity contribution in [3.63, 3.8) is 0 Å². The Balaban J connectivity index is 2.23. The second kappa shape index (κ2) is 7.47. The Morgan fingerprint density at radius 1 is 1.22 bits per heavy atom. The van der Waals surface area contributed by atoms with Crippen LogP contribution in [0.25, 0.3) is 0 Å². The van der Waals surface area contributed by atoms with Crippen molar-refractivity contribution in [3.05, 3.63) is 63.4 Å². The van der Waals surface area contributed by atoms with Crippen molar-refractivity contribution in [2.75, 3.05) is 7.11 Å². The molecule has 0 heterocycles. The van der Waals surface area contributed by atoms with E-state index < -0.39 is 5.82 Å². The third kappa shape index (κ3) is 4.23. The summed E-state index contributed by atoms with van der Waals surface area (Å²) in [5.74, 6) is -0.627. The van der Waals surface area contributed by atoms with Crippen LogP contribution in [0, 0.1) is 19.7 Å². The van der Waals surface area contributed by atoms with Gasteiger partial charge in [-0.3, -0.25) is 4.79 Å². The number of halogens is 2. The van der Waals surface area contributed by atoms with Gasteiger partial charge in [0, 0.05) is 10.6 Å². The number of hydrogen-bond acceptors (Lipinski definition) is 3. The van der Waals surface area contributed by atoms with Gasteiger partial charge >= 0.3 is 5.97 Å². The van der Waals surface area contributed by atoms with E-state index in [-0.39, 0.29) is 24.7 Å². The zero-order valence-corrected chi connectivity index (χ0v) is 14.0. The lowest BCUT2D eigenvalue weighted by atomic mass is 10.1. The Morgan fingerprint density at radius 2 is 1.91 bits per heavy atom. The van der Waals surface area contributed by atoms with Crippen LogP contribution in [-0.2, 0) is 22.6 Å². The predicted molar refractivity (Wildman–Crippen MR) is 87.4 cm³/mol. The SMILES string of the molecule is COC(=O)Cc1cccc(Cl)c1COc1cc(C)c(C)cc1F. The van der Waals surface area contributed by atoms with Crippen LogP contribution in [0.3, 0.4) is 0 Å². The first-order chi connectivity index (χ1) is 10.9.